The largest absolute Gasteiger partial charge is 0.497 e. The van der Waals surface area contributed by atoms with Crippen molar-refractivity contribution in [3.63, 3.8) is 0 Å². The summed E-state index contributed by atoms with van der Waals surface area (Å²) < 4.78 is 9.56. The number of ether oxygens (including phenoxy) is 2. The summed E-state index contributed by atoms with van der Waals surface area (Å²) in [5.74, 6) is -0.408. The molecular formula is C14H22O3. The zero-order valence-electron chi connectivity index (χ0n) is 11.2. The number of rotatable bonds is 7. The van der Waals surface area contributed by atoms with Crippen LogP contribution in [0.15, 0.2) is 35.6 Å². The summed E-state index contributed by atoms with van der Waals surface area (Å²) in [5.41, 5.74) is 2.63. The van der Waals surface area contributed by atoms with E-state index >= 15 is 0 Å². The molecule has 0 aliphatic rings. The van der Waals surface area contributed by atoms with Crippen LogP contribution < -0.4 is 0 Å². The van der Waals surface area contributed by atoms with Crippen LogP contribution in [0.1, 0.15) is 33.6 Å². The van der Waals surface area contributed by atoms with Crippen molar-refractivity contribution in [2.75, 3.05) is 13.7 Å². The van der Waals surface area contributed by atoms with Gasteiger partial charge < -0.3 is 9.47 Å². The second-order valence-corrected chi connectivity index (χ2v) is 4.03. The van der Waals surface area contributed by atoms with E-state index in [4.69, 9.17) is 4.74 Å². The molecule has 96 valence electrons. The summed E-state index contributed by atoms with van der Waals surface area (Å²) in [6.45, 7) is 6.75. The van der Waals surface area contributed by atoms with Crippen LogP contribution in [0.3, 0.4) is 0 Å². The SMILES string of the molecule is COC(=O)/C=C/OC/C=C(\C)CCC=C(C)C. The van der Waals surface area contributed by atoms with E-state index in [1.807, 2.05) is 6.08 Å². The maximum absolute atomic E-state index is 10.7. The Kier molecular flexibility index (Phi) is 8.84. The van der Waals surface area contributed by atoms with Gasteiger partial charge in [0.1, 0.15) is 6.61 Å². The first-order chi connectivity index (χ1) is 8.06. The Balaban J connectivity index is 3.73. The molecule has 0 saturated heterocycles. The Morgan fingerprint density at radius 2 is 1.88 bits per heavy atom. The van der Waals surface area contributed by atoms with Crippen LogP contribution >= 0.6 is 0 Å². The highest BCUT2D eigenvalue weighted by Crippen LogP contribution is 2.06. The lowest BCUT2D eigenvalue weighted by molar-refractivity contribution is -0.134. The lowest BCUT2D eigenvalue weighted by atomic mass is 10.1. The third-order valence-corrected chi connectivity index (χ3v) is 2.12. The van der Waals surface area contributed by atoms with Crippen molar-refractivity contribution in [3.8, 4) is 0 Å². The van der Waals surface area contributed by atoms with Gasteiger partial charge in [-0.25, -0.2) is 4.79 Å². The van der Waals surface area contributed by atoms with Crippen LogP contribution in [0.2, 0.25) is 0 Å². The molecule has 0 saturated carbocycles. The molecule has 0 N–H and O–H groups in total. The van der Waals surface area contributed by atoms with Crippen LogP contribution in [0.25, 0.3) is 0 Å². The molecule has 3 heteroatoms. The normalized spacial score (nSPS) is 11.4. The van der Waals surface area contributed by atoms with E-state index in [2.05, 4.69) is 31.6 Å². The fourth-order valence-corrected chi connectivity index (χ4v) is 1.11. The van der Waals surface area contributed by atoms with Gasteiger partial charge in [0, 0.05) is 0 Å². The second-order valence-electron chi connectivity index (χ2n) is 4.03. The van der Waals surface area contributed by atoms with Crippen molar-refractivity contribution in [1.29, 1.82) is 0 Å². The van der Waals surface area contributed by atoms with Crippen LogP contribution in [-0.4, -0.2) is 19.7 Å². The number of carbonyl (C=O) groups excluding carboxylic acids is 1. The molecule has 0 amide bonds. The number of hydrogen-bond donors (Lipinski definition) is 0. The molecule has 0 heterocycles. The molecule has 0 aliphatic carbocycles. The summed E-state index contributed by atoms with van der Waals surface area (Å²) in [6, 6.07) is 0. The van der Waals surface area contributed by atoms with Crippen molar-refractivity contribution < 1.29 is 14.3 Å². The molecule has 0 aromatic heterocycles. The molecule has 3 nitrogen and oxygen atoms in total. The third-order valence-electron chi connectivity index (χ3n) is 2.12. The molecule has 0 rings (SSSR count). The van der Waals surface area contributed by atoms with E-state index in [0.29, 0.717) is 6.61 Å². The highest BCUT2D eigenvalue weighted by molar-refractivity contribution is 5.81. The smallest absolute Gasteiger partial charge is 0.333 e. The van der Waals surface area contributed by atoms with Gasteiger partial charge in [-0.2, -0.15) is 0 Å². The molecule has 0 aliphatic heterocycles. The number of carbonyl (C=O) groups is 1. The van der Waals surface area contributed by atoms with Crippen LogP contribution in [-0.2, 0) is 14.3 Å². The van der Waals surface area contributed by atoms with Crippen LogP contribution in [0.5, 0.6) is 0 Å². The quantitative estimate of drug-likeness (QED) is 0.224. The highest BCUT2D eigenvalue weighted by Gasteiger charge is 1.90. The molecule has 0 radical (unpaired) electrons. The predicted molar refractivity (Wildman–Crippen MR) is 69.5 cm³/mol. The van der Waals surface area contributed by atoms with Gasteiger partial charge in [-0.3, -0.25) is 0 Å². The molecule has 0 aromatic rings. The fourth-order valence-electron chi connectivity index (χ4n) is 1.11. The minimum Gasteiger partial charge on any atom is -0.497 e. The Morgan fingerprint density at radius 3 is 2.47 bits per heavy atom. The van der Waals surface area contributed by atoms with Gasteiger partial charge in [0.05, 0.1) is 19.4 Å². The standard InChI is InChI=1S/C14H22O3/c1-12(2)6-5-7-13(3)8-10-17-11-9-14(15)16-4/h6,8-9,11H,5,7,10H2,1-4H3/b11-9+,13-8+. The van der Waals surface area contributed by atoms with Gasteiger partial charge >= 0.3 is 5.97 Å². The van der Waals surface area contributed by atoms with Gasteiger partial charge in [-0.15, -0.1) is 0 Å². The lowest BCUT2D eigenvalue weighted by Gasteiger charge is -1.99. The Hall–Kier alpha value is -1.51. The predicted octanol–water partition coefficient (Wildman–Crippen LogP) is 3.38. The number of esters is 1. The maximum Gasteiger partial charge on any atom is 0.333 e. The maximum atomic E-state index is 10.7. The second kappa shape index (κ2) is 9.70. The zero-order valence-corrected chi connectivity index (χ0v) is 11.2. The molecule has 17 heavy (non-hydrogen) atoms. The summed E-state index contributed by atoms with van der Waals surface area (Å²) in [5, 5.41) is 0. The van der Waals surface area contributed by atoms with Crippen molar-refractivity contribution in [3.05, 3.63) is 35.6 Å². The number of hydrogen-bond acceptors (Lipinski definition) is 3. The summed E-state index contributed by atoms with van der Waals surface area (Å²) in [6.07, 6.45) is 8.94. The van der Waals surface area contributed by atoms with Gasteiger partial charge in [0.25, 0.3) is 0 Å². The van der Waals surface area contributed by atoms with E-state index < -0.39 is 5.97 Å². The minimum atomic E-state index is -0.408. The molecule has 0 bridgehead atoms. The fraction of sp³-hybridized carbons (Fsp3) is 0.500. The molecular weight excluding hydrogens is 216 g/mol. The zero-order chi connectivity index (χ0) is 13.1. The summed E-state index contributed by atoms with van der Waals surface area (Å²) >= 11 is 0. The number of allylic oxidation sites excluding steroid dienone is 3. The third kappa shape index (κ3) is 10.8. The van der Waals surface area contributed by atoms with Gasteiger partial charge in [0.15, 0.2) is 0 Å². The van der Waals surface area contributed by atoms with Gasteiger partial charge in [0.2, 0.25) is 0 Å². The lowest BCUT2D eigenvalue weighted by Crippen LogP contribution is -1.94. The monoisotopic (exact) mass is 238 g/mol. The van der Waals surface area contributed by atoms with Crippen molar-refractivity contribution in [2.45, 2.75) is 33.6 Å². The Morgan fingerprint density at radius 1 is 1.18 bits per heavy atom. The van der Waals surface area contributed by atoms with Gasteiger partial charge in [-0.05, 0) is 39.7 Å². The first-order valence-corrected chi connectivity index (χ1v) is 5.71. The summed E-state index contributed by atoms with van der Waals surface area (Å²) in [7, 11) is 1.33. The van der Waals surface area contributed by atoms with E-state index in [1.54, 1.807) is 0 Å². The van der Waals surface area contributed by atoms with Crippen LogP contribution in [0.4, 0.5) is 0 Å². The number of methoxy groups -OCH3 is 1. The average molecular weight is 238 g/mol. The minimum absolute atomic E-state index is 0.408. The first kappa shape index (κ1) is 15.5. The van der Waals surface area contributed by atoms with E-state index in [1.165, 1.54) is 30.6 Å². The van der Waals surface area contributed by atoms with E-state index in [9.17, 15) is 4.79 Å². The van der Waals surface area contributed by atoms with Crippen molar-refractivity contribution in [2.24, 2.45) is 0 Å². The van der Waals surface area contributed by atoms with E-state index in [0.717, 1.165) is 12.8 Å². The Labute approximate surface area is 104 Å². The van der Waals surface area contributed by atoms with Crippen molar-refractivity contribution >= 4 is 5.97 Å². The van der Waals surface area contributed by atoms with Gasteiger partial charge in [-0.1, -0.05) is 17.2 Å². The Bertz CT molecular complexity index is 307. The molecule has 0 unspecified atom stereocenters. The average Bonchev–Trinajstić information content (AvgIpc) is 2.27. The molecule has 0 fully saturated rings. The summed E-state index contributed by atoms with van der Waals surface area (Å²) in [4.78, 5) is 10.7. The first-order valence-electron chi connectivity index (χ1n) is 5.71. The topological polar surface area (TPSA) is 35.5 Å². The molecule has 0 aromatic carbocycles. The highest BCUT2D eigenvalue weighted by atomic mass is 16.5. The van der Waals surface area contributed by atoms with Crippen molar-refractivity contribution in [1.82, 2.24) is 0 Å². The van der Waals surface area contributed by atoms with Crippen LogP contribution in [0, 0.1) is 0 Å². The van der Waals surface area contributed by atoms with E-state index in [-0.39, 0.29) is 0 Å². The molecule has 0 atom stereocenters. The molecule has 0 spiro atoms.